The van der Waals surface area contributed by atoms with E-state index in [-0.39, 0.29) is 5.13 Å². The summed E-state index contributed by atoms with van der Waals surface area (Å²) in [5.74, 6) is -0.258. The molecule has 3 nitrogen and oxygen atoms in total. The third-order valence-corrected chi connectivity index (χ3v) is 4.28. The van der Waals surface area contributed by atoms with Crippen molar-refractivity contribution in [3.05, 3.63) is 5.82 Å². The van der Waals surface area contributed by atoms with E-state index in [1.165, 1.54) is 25.7 Å². The molecular formula is C10H12F3N3S. The summed E-state index contributed by atoms with van der Waals surface area (Å²) in [6, 6.07) is 0. The van der Waals surface area contributed by atoms with E-state index in [9.17, 15) is 13.2 Å². The van der Waals surface area contributed by atoms with Crippen molar-refractivity contribution in [1.82, 2.24) is 9.36 Å². The number of alkyl halides is 3. The lowest BCUT2D eigenvalue weighted by atomic mass is 10.0. The number of anilines is 1. The second-order valence-electron chi connectivity index (χ2n) is 4.91. The molecule has 0 unspecified atom stereocenters. The molecule has 2 fully saturated rings. The summed E-state index contributed by atoms with van der Waals surface area (Å²) >= 11 is 0.785. The Balaban J connectivity index is 1.60. The minimum atomic E-state index is -4.44. The van der Waals surface area contributed by atoms with Gasteiger partial charge in [-0.3, -0.25) is 0 Å². The van der Waals surface area contributed by atoms with Crippen molar-refractivity contribution in [2.24, 2.45) is 11.3 Å². The molecule has 94 valence electrons. The van der Waals surface area contributed by atoms with Gasteiger partial charge in [0.2, 0.25) is 11.0 Å². The van der Waals surface area contributed by atoms with Gasteiger partial charge in [0.15, 0.2) is 0 Å². The minimum Gasteiger partial charge on any atom is -0.360 e. The zero-order valence-electron chi connectivity index (χ0n) is 9.05. The van der Waals surface area contributed by atoms with E-state index in [2.05, 4.69) is 14.7 Å². The van der Waals surface area contributed by atoms with E-state index >= 15 is 0 Å². The maximum atomic E-state index is 12.3. The molecule has 2 aliphatic rings. The predicted octanol–water partition coefficient (Wildman–Crippen LogP) is 3.16. The van der Waals surface area contributed by atoms with Crippen LogP contribution in [-0.2, 0) is 6.18 Å². The zero-order valence-corrected chi connectivity index (χ0v) is 9.87. The molecule has 7 heteroatoms. The molecule has 0 atom stereocenters. The lowest BCUT2D eigenvalue weighted by molar-refractivity contribution is -0.144. The van der Waals surface area contributed by atoms with Crippen LogP contribution in [0.25, 0.3) is 0 Å². The van der Waals surface area contributed by atoms with Gasteiger partial charge in [0.1, 0.15) is 0 Å². The van der Waals surface area contributed by atoms with Crippen LogP contribution in [0.3, 0.4) is 0 Å². The average molecular weight is 263 g/mol. The van der Waals surface area contributed by atoms with Crippen molar-refractivity contribution in [3.8, 4) is 0 Å². The van der Waals surface area contributed by atoms with Crippen molar-refractivity contribution in [2.45, 2.75) is 31.9 Å². The number of rotatable bonds is 4. The van der Waals surface area contributed by atoms with Crippen LogP contribution in [-0.4, -0.2) is 15.9 Å². The normalized spacial score (nSPS) is 22.5. The molecule has 1 N–H and O–H groups in total. The molecule has 0 aliphatic heterocycles. The first kappa shape index (κ1) is 11.3. The monoisotopic (exact) mass is 263 g/mol. The number of aromatic nitrogens is 2. The maximum absolute atomic E-state index is 12.3. The Morgan fingerprint density at radius 3 is 2.53 bits per heavy atom. The molecule has 17 heavy (non-hydrogen) atoms. The standard InChI is InChI=1S/C10H12F3N3S/c11-10(12,13)7-15-8(17-16-7)14-5-9(3-4-9)6-1-2-6/h6H,1-5H2,(H,14,15,16). The molecule has 2 saturated carbocycles. The first-order valence-corrected chi connectivity index (χ1v) is 6.42. The topological polar surface area (TPSA) is 37.8 Å². The third kappa shape index (κ3) is 2.25. The summed E-state index contributed by atoms with van der Waals surface area (Å²) in [5, 5.41) is 3.29. The van der Waals surface area contributed by atoms with Crippen molar-refractivity contribution < 1.29 is 13.2 Å². The number of hydrogen-bond acceptors (Lipinski definition) is 4. The summed E-state index contributed by atoms with van der Waals surface area (Å²) in [6.07, 6.45) is 0.479. The SMILES string of the molecule is FC(F)(F)c1nsc(NCC2(C3CC3)CC2)n1. The van der Waals surface area contributed by atoms with Crippen LogP contribution in [0.1, 0.15) is 31.5 Å². The summed E-state index contributed by atoms with van der Waals surface area (Å²) in [6.45, 7) is 0.740. The molecule has 0 radical (unpaired) electrons. The molecule has 1 aromatic rings. The Bertz CT molecular complexity index is 421. The zero-order chi connectivity index (χ0) is 12.1. The highest BCUT2D eigenvalue weighted by molar-refractivity contribution is 7.09. The maximum Gasteiger partial charge on any atom is 0.452 e. The molecule has 0 aromatic carbocycles. The van der Waals surface area contributed by atoms with Gasteiger partial charge in [-0.05, 0) is 37.0 Å². The van der Waals surface area contributed by atoms with E-state index in [1.807, 2.05) is 0 Å². The smallest absolute Gasteiger partial charge is 0.360 e. The van der Waals surface area contributed by atoms with Crippen molar-refractivity contribution in [2.75, 3.05) is 11.9 Å². The molecule has 0 saturated heterocycles. The molecule has 1 aromatic heterocycles. The van der Waals surface area contributed by atoms with Gasteiger partial charge in [-0.15, -0.1) is 0 Å². The Kier molecular flexibility index (Phi) is 2.36. The lowest BCUT2D eigenvalue weighted by Gasteiger charge is -2.13. The van der Waals surface area contributed by atoms with Gasteiger partial charge in [-0.1, -0.05) is 0 Å². The Morgan fingerprint density at radius 2 is 2.06 bits per heavy atom. The van der Waals surface area contributed by atoms with Crippen molar-refractivity contribution >= 4 is 16.7 Å². The number of halogens is 3. The van der Waals surface area contributed by atoms with Crippen LogP contribution in [0.4, 0.5) is 18.3 Å². The Morgan fingerprint density at radius 1 is 1.35 bits per heavy atom. The highest BCUT2D eigenvalue weighted by Crippen LogP contribution is 2.61. The van der Waals surface area contributed by atoms with Gasteiger partial charge >= 0.3 is 6.18 Å². The predicted molar refractivity (Wildman–Crippen MR) is 57.8 cm³/mol. The molecule has 0 bridgehead atoms. The minimum absolute atomic E-state index is 0.282. The van der Waals surface area contributed by atoms with Gasteiger partial charge in [0, 0.05) is 18.1 Å². The van der Waals surface area contributed by atoms with Crippen LogP contribution in [0.2, 0.25) is 0 Å². The fourth-order valence-electron chi connectivity index (χ4n) is 2.25. The lowest BCUT2D eigenvalue weighted by Crippen LogP contribution is -2.17. The van der Waals surface area contributed by atoms with E-state index in [4.69, 9.17) is 0 Å². The van der Waals surface area contributed by atoms with Crippen LogP contribution in [0, 0.1) is 11.3 Å². The number of hydrogen-bond donors (Lipinski definition) is 1. The Labute approximate surface area is 101 Å². The largest absolute Gasteiger partial charge is 0.452 e. The molecule has 0 spiro atoms. The van der Waals surface area contributed by atoms with Gasteiger partial charge < -0.3 is 5.32 Å². The summed E-state index contributed by atoms with van der Waals surface area (Å²) < 4.78 is 40.2. The average Bonchev–Trinajstić information content (AvgIpc) is 3.12. The number of nitrogens with one attached hydrogen (secondary N) is 1. The summed E-state index contributed by atoms with van der Waals surface area (Å²) in [7, 11) is 0. The van der Waals surface area contributed by atoms with Gasteiger partial charge in [0.25, 0.3) is 0 Å². The van der Waals surface area contributed by atoms with Crippen LogP contribution < -0.4 is 5.32 Å². The molecule has 1 heterocycles. The summed E-state index contributed by atoms with van der Waals surface area (Å²) in [4.78, 5) is 3.46. The number of nitrogens with zero attached hydrogens (tertiary/aromatic N) is 2. The first-order valence-electron chi connectivity index (χ1n) is 5.64. The fraction of sp³-hybridized carbons (Fsp3) is 0.800. The third-order valence-electron chi connectivity index (χ3n) is 3.61. The second kappa shape index (κ2) is 3.57. The van der Waals surface area contributed by atoms with Crippen LogP contribution >= 0.6 is 11.5 Å². The second-order valence-corrected chi connectivity index (χ2v) is 5.66. The highest BCUT2D eigenvalue weighted by Gasteiger charge is 2.53. The molecule has 0 amide bonds. The Hall–Kier alpha value is -0.850. The molecule has 3 rings (SSSR count). The van der Waals surface area contributed by atoms with E-state index in [0.29, 0.717) is 5.41 Å². The first-order chi connectivity index (χ1) is 8.00. The fourth-order valence-corrected chi connectivity index (χ4v) is 2.83. The van der Waals surface area contributed by atoms with Crippen molar-refractivity contribution in [1.29, 1.82) is 0 Å². The van der Waals surface area contributed by atoms with Crippen molar-refractivity contribution in [3.63, 3.8) is 0 Å². The van der Waals surface area contributed by atoms with Crippen LogP contribution in [0.15, 0.2) is 0 Å². The molecule has 2 aliphatic carbocycles. The molecular weight excluding hydrogens is 251 g/mol. The van der Waals surface area contributed by atoms with Crippen LogP contribution in [0.5, 0.6) is 0 Å². The highest BCUT2D eigenvalue weighted by atomic mass is 32.1. The summed E-state index contributed by atoms with van der Waals surface area (Å²) in [5.41, 5.74) is 0.351. The van der Waals surface area contributed by atoms with Gasteiger partial charge in [-0.2, -0.15) is 22.5 Å². The van der Waals surface area contributed by atoms with Gasteiger partial charge in [0.05, 0.1) is 0 Å². The van der Waals surface area contributed by atoms with E-state index in [0.717, 1.165) is 24.0 Å². The van der Waals surface area contributed by atoms with E-state index in [1.54, 1.807) is 0 Å². The van der Waals surface area contributed by atoms with Gasteiger partial charge in [-0.25, -0.2) is 0 Å². The quantitative estimate of drug-likeness (QED) is 0.906. The van der Waals surface area contributed by atoms with E-state index < -0.39 is 12.0 Å².